The minimum atomic E-state index is -0.151. The Morgan fingerprint density at radius 1 is 1.29 bits per heavy atom. The van der Waals surface area contributed by atoms with Crippen molar-refractivity contribution in [3.63, 3.8) is 0 Å². The number of halogens is 1. The monoisotopic (exact) mass is 329 g/mol. The summed E-state index contributed by atoms with van der Waals surface area (Å²) in [6.07, 6.45) is 3.31. The number of nitrogens with one attached hydrogen (secondary N) is 1. The third-order valence-corrected chi connectivity index (χ3v) is 4.93. The van der Waals surface area contributed by atoms with E-state index in [4.69, 9.17) is 11.6 Å². The van der Waals surface area contributed by atoms with Crippen molar-refractivity contribution in [2.24, 2.45) is 0 Å². The van der Waals surface area contributed by atoms with Gasteiger partial charge in [0, 0.05) is 22.4 Å². The highest BCUT2D eigenvalue weighted by atomic mass is 35.5. The van der Waals surface area contributed by atoms with Crippen LogP contribution in [0.4, 0.5) is 0 Å². The molecule has 2 N–H and O–H groups in total. The standard InChI is InChI=1S/C17H28ClNOS/c1-14(2)19-17(3,13-20)10-6-7-11-21-12-15-8-4-5-9-16(15)18/h4-5,8-9,14,19-20H,6-7,10-13H2,1-3H3. The van der Waals surface area contributed by atoms with Crippen LogP contribution in [0.1, 0.15) is 45.6 Å². The molecular weight excluding hydrogens is 302 g/mol. The predicted molar refractivity (Wildman–Crippen MR) is 95.2 cm³/mol. The Hall–Kier alpha value is -0.220. The zero-order chi connectivity index (χ0) is 15.7. The van der Waals surface area contributed by atoms with E-state index < -0.39 is 0 Å². The molecule has 0 saturated carbocycles. The van der Waals surface area contributed by atoms with E-state index in [2.05, 4.69) is 32.2 Å². The SMILES string of the molecule is CC(C)NC(C)(CO)CCCCSCc1ccccc1Cl. The molecule has 0 spiro atoms. The van der Waals surface area contributed by atoms with Gasteiger partial charge < -0.3 is 10.4 Å². The van der Waals surface area contributed by atoms with E-state index in [1.165, 1.54) is 12.0 Å². The summed E-state index contributed by atoms with van der Waals surface area (Å²) in [6, 6.07) is 8.43. The molecule has 0 bridgehead atoms. The number of aliphatic hydroxyl groups excluding tert-OH is 1. The zero-order valence-electron chi connectivity index (χ0n) is 13.4. The molecule has 1 rings (SSSR count). The van der Waals surface area contributed by atoms with Crippen LogP contribution < -0.4 is 5.32 Å². The van der Waals surface area contributed by atoms with Crippen LogP contribution in [0.5, 0.6) is 0 Å². The maximum atomic E-state index is 9.53. The summed E-state index contributed by atoms with van der Waals surface area (Å²) >= 11 is 8.07. The van der Waals surface area contributed by atoms with Crippen LogP contribution in [0.2, 0.25) is 5.02 Å². The molecule has 0 aliphatic carbocycles. The summed E-state index contributed by atoms with van der Waals surface area (Å²) in [5, 5.41) is 13.8. The van der Waals surface area contributed by atoms with Crippen molar-refractivity contribution < 1.29 is 5.11 Å². The molecule has 0 saturated heterocycles. The molecule has 1 atom stereocenters. The van der Waals surface area contributed by atoms with Crippen molar-refractivity contribution >= 4 is 23.4 Å². The average Bonchev–Trinajstić information content (AvgIpc) is 2.43. The second-order valence-corrected chi connectivity index (χ2v) is 7.63. The minimum Gasteiger partial charge on any atom is -0.394 e. The summed E-state index contributed by atoms with van der Waals surface area (Å²) in [5.41, 5.74) is 1.06. The fraction of sp³-hybridized carbons (Fsp3) is 0.647. The Kier molecular flexibility index (Phi) is 8.72. The Labute approximate surface area is 138 Å². The van der Waals surface area contributed by atoms with Gasteiger partial charge in [-0.25, -0.2) is 0 Å². The van der Waals surface area contributed by atoms with Crippen molar-refractivity contribution in [1.29, 1.82) is 0 Å². The molecule has 0 fully saturated rings. The zero-order valence-corrected chi connectivity index (χ0v) is 14.9. The summed E-state index contributed by atoms with van der Waals surface area (Å²) in [7, 11) is 0. The molecule has 1 aromatic rings. The number of hydrogen-bond donors (Lipinski definition) is 2. The molecular formula is C17H28ClNOS. The first kappa shape index (κ1) is 18.8. The minimum absolute atomic E-state index is 0.151. The van der Waals surface area contributed by atoms with E-state index in [-0.39, 0.29) is 12.1 Å². The molecule has 2 nitrogen and oxygen atoms in total. The molecule has 1 aromatic carbocycles. The predicted octanol–water partition coefficient (Wildman–Crippen LogP) is 4.49. The van der Waals surface area contributed by atoms with E-state index in [9.17, 15) is 5.11 Å². The maximum Gasteiger partial charge on any atom is 0.0610 e. The smallest absolute Gasteiger partial charge is 0.0610 e. The first-order valence-corrected chi connectivity index (χ1v) is 9.20. The van der Waals surface area contributed by atoms with E-state index in [1.54, 1.807) is 0 Å². The Morgan fingerprint density at radius 2 is 2.00 bits per heavy atom. The highest BCUT2D eigenvalue weighted by Gasteiger charge is 2.22. The van der Waals surface area contributed by atoms with Crippen LogP contribution in [0.25, 0.3) is 0 Å². The van der Waals surface area contributed by atoms with E-state index in [0.717, 1.165) is 29.4 Å². The van der Waals surface area contributed by atoms with Crippen molar-refractivity contribution in [2.45, 2.75) is 57.4 Å². The summed E-state index contributed by atoms with van der Waals surface area (Å²) in [4.78, 5) is 0. The van der Waals surface area contributed by atoms with Crippen molar-refractivity contribution in [1.82, 2.24) is 5.32 Å². The van der Waals surface area contributed by atoms with Crippen molar-refractivity contribution in [3.8, 4) is 0 Å². The second-order valence-electron chi connectivity index (χ2n) is 6.12. The Bertz CT molecular complexity index is 414. The fourth-order valence-corrected chi connectivity index (χ4v) is 3.72. The van der Waals surface area contributed by atoms with Gasteiger partial charge in [-0.15, -0.1) is 0 Å². The van der Waals surface area contributed by atoms with Gasteiger partial charge >= 0.3 is 0 Å². The van der Waals surface area contributed by atoms with Crippen LogP contribution in [0.3, 0.4) is 0 Å². The molecule has 0 aliphatic heterocycles. The third-order valence-electron chi connectivity index (χ3n) is 3.47. The largest absolute Gasteiger partial charge is 0.394 e. The van der Waals surface area contributed by atoms with Gasteiger partial charge in [0.15, 0.2) is 0 Å². The highest BCUT2D eigenvalue weighted by Crippen LogP contribution is 2.22. The molecule has 0 aliphatic rings. The summed E-state index contributed by atoms with van der Waals surface area (Å²) in [5.74, 6) is 2.11. The van der Waals surface area contributed by atoms with E-state index >= 15 is 0 Å². The lowest BCUT2D eigenvalue weighted by molar-refractivity contribution is 0.154. The lowest BCUT2D eigenvalue weighted by Gasteiger charge is -2.31. The molecule has 0 amide bonds. The number of rotatable bonds is 10. The molecule has 0 aromatic heterocycles. The molecule has 1 unspecified atom stereocenters. The van der Waals surface area contributed by atoms with Gasteiger partial charge in [-0.1, -0.05) is 50.1 Å². The topological polar surface area (TPSA) is 32.3 Å². The molecule has 120 valence electrons. The highest BCUT2D eigenvalue weighted by molar-refractivity contribution is 7.98. The third kappa shape index (κ3) is 7.55. The summed E-state index contributed by atoms with van der Waals surface area (Å²) in [6.45, 7) is 6.53. The number of hydrogen-bond acceptors (Lipinski definition) is 3. The van der Waals surface area contributed by atoms with Gasteiger partial charge in [-0.3, -0.25) is 0 Å². The maximum absolute atomic E-state index is 9.53. The number of aliphatic hydroxyl groups is 1. The van der Waals surface area contributed by atoms with Crippen LogP contribution in [-0.4, -0.2) is 29.0 Å². The van der Waals surface area contributed by atoms with Crippen LogP contribution >= 0.6 is 23.4 Å². The lowest BCUT2D eigenvalue weighted by Crippen LogP contribution is -2.49. The lowest BCUT2D eigenvalue weighted by atomic mass is 9.95. The number of unbranched alkanes of at least 4 members (excludes halogenated alkanes) is 1. The quantitative estimate of drug-likeness (QED) is 0.620. The van der Waals surface area contributed by atoms with Crippen LogP contribution in [0, 0.1) is 0 Å². The van der Waals surface area contributed by atoms with Gasteiger partial charge in [0.1, 0.15) is 0 Å². The van der Waals surface area contributed by atoms with Crippen molar-refractivity contribution in [3.05, 3.63) is 34.9 Å². The number of benzene rings is 1. The van der Waals surface area contributed by atoms with Gasteiger partial charge in [0.05, 0.1) is 6.61 Å². The van der Waals surface area contributed by atoms with Gasteiger partial charge in [-0.05, 0) is 37.1 Å². The molecule has 4 heteroatoms. The van der Waals surface area contributed by atoms with Crippen LogP contribution in [-0.2, 0) is 5.75 Å². The second kappa shape index (κ2) is 9.73. The Balaban J connectivity index is 2.18. The van der Waals surface area contributed by atoms with Gasteiger partial charge in [0.2, 0.25) is 0 Å². The average molecular weight is 330 g/mol. The molecule has 0 radical (unpaired) electrons. The van der Waals surface area contributed by atoms with Gasteiger partial charge in [-0.2, -0.15) is 11.8 Å². The van der Waals surface area contributed by atoms with E-state index in [1.807, 2.05) is 30.0 Å². The van der Waals surface area contributed by atoms with Crippen LogP contribution in [0.15, 0.2) is 24.3 Å². The molecule has 21 heavy (non-hydrogen) atoms. The van der Waals surface area contributed by atoms with E-state index in [0.29, 0.717) is 6.04 Å². The van der Waals surface area contributed by atoms with Gasteiger partial charge in [0.25, 0.3) is 0 Å². The Morgan fingerprint density at radius 3 is 2.62 bits per heavy atom. The number of thioether (sulfide) groups is 1. The first-order chi connectivity index (χ1) is 9.97. The normalized spacial score (nSPS) is 14.4. The summed E-state index contributed by atoms with van der Waals surface area (Å²) < 4.78 is 0. The molecule has 0 heterocycles. The fourth-order valence-electron chi connectivity index (χ4n) is 2.41. The first-order valence-electron chi connectivity index (χ1n) is 7.66. The van der Waals surface area contributed by atoms with Crippen molar-refractivity contribution in [2.75, 3.05) is 12.4 Å².